The number of halogens is 1. The third kappa shape index (κ3) is 4.06. The van der Waals surface area contributed by atoms with Gasteiger partial charge >= 0.3 is 6.03 Å². The number of barbiturate groups is 1. The van der Waals surface area contributed by atoms with Crippen LogP contribution in [0.15, 0.2) is 52.8 Å². The predicted molar refractivity (Wildman–Crippen MR) is 103 cm³/mol. The van der Waals surface area contributed by atoms with Crippen LogP contribution in [0.25, 0.3) is 6.08 Å². The Morgan fingerprint density at radius 3 is 2.63 bits per heavy atom. The molecule has 0 spiro atoms. The summed E-state index contributed by atoms with van der Waals surface area (Å²) in [6.45, 7) is 3.83. The molecule has 1 saturated heterocycles. The van der Waals surface area contributed by atoms with E-state index in [9.17, 15) is 14.4 Å². The summed E-state index contributed by atoms with van der Waals surface area (Å²) in [5.41, 5.74) is 0.736. The summed E-state index contributed by atoms with van der Waals surface area (Å²) in [5, 5.41) is 2.18. The van der Waals surface area contributed by atoms with Gasteiger partial charge in [0.15, 0.2) is 0 Å². The van der Waals surface area contributed by atoms with E-state index >= 15 is 0 Å². The van der Waals surface area contributed by atoms with Gasteiger partial charge in [0.05, 0.1) is 22.5 Å². The average molecular weight is 430 g/mol. The summed E-state index contributed by atoms with van der Waals surface area (Å²) in [7, 11) is 0. The van der Waals surface area contributed by atoms with Crippen molar-refractivity contribution < 1.29 is 19.1 Å². The van der Waals surface area contributed by atoms with Crippen molar-refractivity contribution in [2.45, 2.75) is 20.0 Å². The molecule has 1 N–H and O–H groups in total. The third-order valence-corrected chi connectivity index (χ3v) is 4.26. The fourth-order valence-electron chi connectivity index (χ4n) is 2.50. The van der Waals surface area contributed by atoms with E-state index in [4.69, 9.17) is 4.74 Å². The van der Waals surface area contributed by atoms with Gasteiger partial charge in [-0.2, -0.15) is 0 Å². The molecule has 2 heterocycles. The minimum Gasteiger partial charge on any atom is -0.490 e. The van der Waals surface area contributed by atoms with Gasteiger partial charge in [-0.15, -0.1) is 0 Å². The molecule has 3 rings (SSSR count). The third-order valence-electron chi connectivity index (χ3n) is 3.64. The maximum atomic E-state index is 12.8. The first-order valence-electron chi connectivity index (χ1n) is 8.14. The fraction of sp³-hybridized carbons (Fsp3) is 0.158. The molecule has 1 aliphatic heterocycles. The number of nitrogens with one attached hydrogen (secondary N) is 1. The zero-order valence-electron chi connectivity index (χ0n) is 14.6. The van der Waals surface area contributed by atoms with Gasteiger partial charge < -0.3 is 4.74 Å². The SMILES string of the molecule is CC(C)Oc1ccc(/C=C2\C(=O)NC(=O)N(c3cccnc3)C2=O)cc1Br. The van der Waals surface area contributed by atoms with Gasteiger partial charge in [-0.1, -0.05) is 6.07 Å². The van der Waals surface area contributed by atoms with Gasteiger partial charge in [-0.3, -0.25) is 19.9 Å². The highest BCUT2D eigenvalue weighted by Gasteiger charge is 2.36. The molecule has 0 atom stereocenters. The first-order valence-corrected chi connectivity index (χ1v) is 8.94. The number of aromatic nitrogens is 1. The Morgan fingerprint density at radius 2 is 2.00 bits per heavy atom. The van der Waals surface area contributed by atoms with Crippen molar-refractivity contribution in [1.82, 2.24) is 10.3 Å². The van der Waals surface area contributed by atoms with Crippen LogP contribution in [0.4, 0.5) is 10.5 Å². The van der Waals surface area contributed by atoms with E-state index in [1.54, 1.807) is 30.3 Å². The van der Waals surface area contributed by atoms with E-state index in [2.05, 4.69) is 26.2 Å². The molecule has 0 bridgehead atoms. The molecule has 4 amide bonds. The number of hydrogen-bond donors (Lipinski definition) is 1. The molecule has 8 heteroatoms. The summed E-state index contributed by atoms with van der Waals surface area (Å²) in [5.74, 6) is -0.808. The van der Waals surface area contributed by atoms with Crippen LogP contribution in [0, 0.1) is 0 Å². The molecule has 1 aromatic carbocycles. The van der Waals surface area contributed by atoms with Gasteiger partial charge in [-0.05, 0) is 65.7 Å². The maximum Gasteiger partial charge on any atom is 0.336 e. The number of rotatable bonds is 4. The highest BCUT2D eigenvalue weighted by Crippen LogP contribution is 2.28. The van der Waals surface area contributed by atoms with E-state index in [0.29, 0.717) is 15.8 Å². The summed E-state index contributed by atoms with van der Waals surface area (Å²) in [6.07, 6.45) is 4.34. The van der Waals surface area contributed by atoms with Gasteiger partial charge in [0, 0.05) is 6.20 Å². The number of ether oxygens (including phenoxy) is 1. The molecule has 1 aliphatic rings. The minimum atomic E-state index is -0.808. The van der Waals surface area contributed by atoms with Crippen molar-refractivity contribution in [3.63, 3.8) is 0 Å². The van der Waals surface area contributed by atoms with Crippen LogP contribution in [0.2, 0.25) is 0 Å². The van der Waals surface area contributed by atoms with Gasteiger partial charge in [0.25, 0.3) is 11.8 Å². The largest absolute Gasteiger partial charge is 0.490 e. The van der Waals surface area contributed by atoms with Crippen molar-refractivity contribution in [3.05, 3.63) is 58.3 Å². The highest BCUT2D eigenvalue weighted by molar-refractivity contribution is 9.10. The molecule has 2 aromatic rings. The maximum absolute atomic E-state index is 12.8. The number of pyridine rings is 1. The van der Waals surface area contributed by atoms with Gasteiger partial charge in [0.1, 0.15) is 11.3 Å². The lowest BCUT2D eigenvalue weighted by atomic mass is 10.1. The smallest absolute Gasteiger partial charge is 0.336 e. The topological polar surface area (TPSA) is 88.6 Å². The Hall–Kier alpha value is -3.00. The van der Waals surface area contributed by atoms with E-state index in [1.807, 2.05) is 13.8 Å². The number of amides is 4. The van der Waals surface area contributed by atoms with Crippen LogP contribution in [0.3, 0.4) is 0 Å². The molecule has 0 radical (unpaired) electrons. The monoisotopic (exact) mass is 429 g/mol. The standard InChI is InChI=1S/C19H16BrN3O4/c1-11(2)27-16-6-5-12(9-15(16)20)8-14-17(24)22-19(26)23(18(14)25)13-4-3-7-21-10-13/h3-11H,1-2H3,(H,22,24,26)/b14-8+. The van der Waals surface area contributed by atoms with Crippen LogP contribution < -0.4 is 15.0 Å². The number of benzene rings is 1. The molecule has 1 aromatic heterocycles. The number of carbonyl (C=O) groups is 3. The Balaban J connectivity index is 1.95. The molecular formula is C19H16BrN3O4. The average Bonchev–Trinajstić information content (AvgIpc) is 2.61. The number of imide groups is 2. The van der Waals surface area contributed by atoms with Crippen molar-refractivity contribution >= 4 is 45.5 Å². The molecular weight excluding hydrogens is 414 g/mol. The summed E-state index contributed by atoms with van der Waals surface area (Å²) < 4.78 is 6.34. The van der Waals surface area contributed by atoms with Crippen LogP contribution >= 0.6 is 15.9 Å². The number of hydrogen-bond acceptors (Lipinski definition) is 5. The van der Waals surface area contributed by atoms with Crippen LogP contribution in [-0.4, -0.2) is 28.9 Å². The van der Waals surface area contributed by atoms with E-state index in [1.165, 1.54) is 18.5 Å². The number of anilines is 1. The lowest BCUT2D eigenvalue weighted by molar-refractivity contribution is -0.122. The molecule has 1 fully saturated rings. The van der Waals surface area contributed by atoms with Gasteiger partial charge in [0.2, 0.25) is 0 Å². The molecule has 27 heavy (non-hydrogen) atoms. The molecule has 0 unspecified atom stereocenters. The second-order valence-corrected chi connectivity index (χ2v) is 6.88. The van der Waals surface area contributed by atoms with Crippen molar-refractivity contribution in [2.75, 3.05) is 4.90 Å². The Labute approximate surface area is 164 Å². The van der Waals surface area contributed by atoms with Crippen molar-refractivity contribution in [1.29, 1.82) is 0 Å². The van der Waals surface area contributed by atoms with Crippen LogP contribution in [-0.2, 0) is 9.59 Å². The number of carbonyl (C=O) groups excluding carboxylic acids is 3. The van der Waals surface area contributed by atoms with E-state index in [-0.39, 0.29) is 17.4 Å². The van der Waals surface area contributed by atoms with E-state index < -0.39 is 17.8 Å². The minimum absolute atomic E-state index is 0.00950. The molecule has 7 nitrogen and oxygen atoms in total. The first-order chi connectivity index (χ1) is 12.9. The molecule has 0 saturated carbocycles. The normalized spacial score (nSPS) is 16.1. The van der Waals surface area contributed by atoms with Crippen LogP contribution in [0.5, 0.6) is 5.75 Å². The summed E-state index contributed by atoms with van der Waals surface area (Å²) in [4.78, 5) is 41.8. The van der Waals surface area contributed by atoms with Crippen molar-refractivity contribution in [2.24, 2.45) is 0 Å². The predicted octanol–water partition coefficient (Wildman–Crippen LogP) is 3.30. The fourth-order valence-corrected chi connectivity index (χ4v) is 2.99. The van der Waals surface area contributed by atoms with Crippen molar-refractivity contribution in [3.8, 4) is 5.75 Å². The Kier molecular flexibility index (Phi) is 5.36. The zero-order valence-corrected chi connectivity index (χ0v) is 16.2. The second-order valence-electron chi connectivity index (χ2n) is 6.03. The summed E-state index contributed by atoms with van der Waals surface area (Å²) >= 11 is 3.42. The zero-order chi connectivity index (χ0) is 19.6. The lowest BCUT2D eigenvalue weighted by Crippen LogP contribution is -2.54. The quantitative estimate of drug-likeness (QED) is 0.594. The van der Waals surface area contributed by atoms with Crippen LogP contribution in [0.1, 0.15) is 19.4 Å². The molecule has 0 aliphatic carbocycles. The lowest BCUT2D eigenvalue weighted by Gasteiger charge is -2.26. The van der Waals surface area contributed by atoms with Gasteiger partial charge in [-0.25, -0.2) is 9.69 Å². The first kappa shape index (κ1) is 18.8. The number of urea groups is 1. The second kappa shape index (κ2) is 7.71. The number of nitrogens with zero attached hydrogens (tertiary/aromatic N) is 2. The Morgan fingerprint density at radius 1 is 1.22 bits per heavy atom. The molecule has 138 valence electrons. The highest BCUT2D eigenvalue weighted by atomic mass is 79.9. The Bertz CT molecular complexity index is 941. The summed E-state index contributed by atoms with van der Waals surface area (Å²) in [6, 6.07) is 7.55. The van der Waals surface area contributed by atoms with E-state index in [0.717, 1.165) is 4.90 Å².